The van der Waals surface area contributed by atoms with Crippen LogP contribution in [0.2, 0.25) is 0 Å². The molecule has 16 heavy (non-hydrogen) atoms. The van der Waals surface area contributed by atoms with Crippen LogP contribution < -0.4 is 5.32 Å². The Balaban J connectivity index is 2.48. The van der Waals surface area contributed by atoms with Crippen molar-refractivity contribution >= 4 is 0 Å². The van der Waals surface area contributed by atoms with Crippen molar-refractivity contribution in [3.63, 3.8) is 0 Å². The Hall–Kier alpha value is -0.0400. The molecule has 1 fully saturated rings. The molecule has 1 N–H and O–H groups in total. The summed E-state index contributed by atoms with van der Waals surface area (Å²) in [7, 11) is 0. The molecule has 0 spiro atoms. The van der Waals surface area contributed by atoms with Crippen LogP contribution in [0.15, 0.2) is 0 Å². The Kier molecular flexibility index (Phi) is 5.82. The van der Waals surface area contributed by atoms with Crippen LogP contribution in [0.1, 0.15) is 72.6 Å². The fourth-order valence-corrected chi connectivity index (χ4v) is 3.05. The van der Waals surface area contributed by atoms with Gasteiger partial charge in [-0.25, -0.2) is 0 Å². The molecule has 1 nitrogen and oxygen atoms in total. The number of hydrogen-bond acceptors (Lipinski definition) is 1. The van der Waals surface area contributed by atoms with E-state index in [1.807, 2.05) is 0 Å². The summed E-state index contributed by atoms with van der Waals surface area (Å²) in [6.45, 7) is 10.7. The third-order valence-corrected chi connectivity index (χ3v) is 4.26. The van der Waals surface area contributed by atoms with Crippen molar-refractivity contribution in [2.45, 2.75) is 78.7 Å². The third kappa shape index (κ3) is 4.08. The van der Waals surface area contributed by atoms with Gasteiger partial charge in [0, 0.05) is 6.04 Å². The summed E-state index contributed by atoms with van der Waals surface area (Å²) in [4.78, 5) is 0. The Morgan fingerprint density at radius 1 is 1.12 bits per heavy atom. The minimum Gasteiger partial charge on any atom is -0.313 e. The maximum Gasteiger partial charge on any atom is 0.0121 e. The van der Waals surface area contributed by atoms with Crippen LogP contribution in [0.25, 0.3) is 0 Å². The number of rotatable bonds is 7. The average Bonchev–Trinajstić information content (AvgIpc) is 2.65. The second-order valence-corrected chi connectivity index (χ2v) is 6.34. The summed E-state index contributed by atoms with van der Waals surface area (Å²) >= 11 is 0. The van der Waals surface area contributed by atoms with E-state index >= 15 is 0 Å². The van der Waals surface area contributed by atoms with E-state index in [2.05, 4.69) is 33.0 Å². The first-order valence-corrected chi connectivity index (χ1v) is 7.32. The lowest BCUT2D eigenvalue weighted by Crippen LogP contribution is -2.42. The van der Waals surface area contributed by atoms with E-state index < -0.39 is 0 Å². The number of hydrogen-bond donors (Lipinski definition) is 1. The molecular formula is C15H31N. The molecule has 0 amide bonds. The Morgan fingerprint density at radius 3 is 2.25 bits per heavy atom. The largest absolute Gasteiger partial charge is 0.313 e. The predicted octanol–water partition coefficient (Wildman–Crippen LogP) is 4.37. The summed E-state index contributed by atoms with van der Waals surface area (Å²) < 4.78 is 0. The highest BCUT2D eigenvalue weighted by atomic mass is 14.9. The molecular weight excluding hydrogens is 194 g/mol. The molecule has 0 aromatic rings. The van der Waals surface area contributed by atoms with Crippen molar-refractivity contribution < 1.29 is 0 Å². The predicted molar refractivity (Wildman–Crippen MR) is 72.7 cm³/mol. The van der Waals surface area contributed by atoms with E-state index in [9.17, 15) is 0 Å². The highest BCUT2D eigenvalue weighted by Crippen LogP contribution is 2.42. The van der Waals surface area contributed by atoms with Gasteiger partial charge in [-0.15, -0.1) is 0 Å². The molecule has 1 rings (SSSR count). The van der Waals surface area contributed by atoms with Crippen LogP contribution in [0.3, 0.4) is 0 Å². The van der Waals surface area contributed by atoms with E-state index in [4.69, 9.17) is 0 Å². The molecule has 0 bridgehead atoms. The minimum atomic E-state index is 0.587. The zero-order chi connectivity index (χ0) is 12.0. The summed E-state index contributed by atoms with van der Waals surface area (Å²) in [5, 5.41) is 3.81. The summed E-state index contributed by atoms with van der Waals surface area (Å²) in [6.07, 6.45) is 9.77. The summed E-state index contributed by atoms with van der Waals surface area (Å²) in [5.41, 5.74) is 0.587. The SMILES string of the molecule is CCCNC(CCC(C)C)C1(C)CCCC1. The van der Waals surface area contributed by atoms with E-state index in [0.29, 0.717) is 5.41 Å². The molecule has 96 valence electrons. The molecule has 1 atom stereocenters. The van der Waals surface area contributed by atoms with Crippen LogP contribution in [-0.2, 0) is 0 Å². The lowest BCUT2D eigenvalue weighted by atomic mass is 9.77. The lowest BCUT2D eigenvalue weighted by Gasteiger charge is -2.35. The maximum absolute atomic E-state index is 3.81. The Labute approximate surface area is 102 Å². The van der Waals surface area contributed by atoms with Gasteiger partial charge in [0.2, 0.25) is 0 Å². The van der Waals surface area contributed by atoms with Gasteiger partial charge in [-0.1, -0.05) is 40.5 Å². The second kappa shape index (κ2) is 6.64. The number of nitrogens with one attached hydrogen (secondary N) is 1. The minimum absolute atomic E-state index is 0.587. The molecule has 0 radical (unpaired) electrons. The summed E-state index contributed by atoms with van der Waals surface area (Å²) in [5.74, 6) is 0.843. The molecule has 1 aliphatic rings. The molecule has 0 saturated heterocycles. The van der Waals surface area contributed by atoms with Gasteiger partial charge in [-0.2, -0.15) is 0 Å². The molecule has 1 saturated carbocycles. The van der Waals surface area contributed by atoms with Crippen molar-refractivity contribution in [2.75, 3.05) is 6.54 Å². The van der Waals surface area contributed by atoms with Crippen LogP contribution in [0.4, 0.5) is 0 Å². The topological polar surface area (TPSA) is 12.0 Å². The first-order chi connectivity index (χ1) is 7.58. The normalized spacial score (nSPS) is 21.6. The van der Waals surface area contributed by atoms with Gasteiger partial charge >= 0.3 is 0 Å². The molecule has 0 aromatic heterocycles. The Morgan fingerprint density at radius 2 is 1.75 bits per heavy atom. The Bertz CT molecular complexity index is 180. The van der Waals surface area contributed by atoms with Gasteiger partial charge < -0.3 is 5.32 Å². The fourth-order valence-electron chi connectivity index (χ4n) is 3.05. The maximum atomic E-state index is 3.81. The molecule has 1 unspecified atom stereocenters. The van der Waals surface area contributed by atoms with Gasteiger partial charge in [-0.3, -0.25) is 0 Å². The standard InChI is InChI=1S/C15H31N/c1-5-12-16-14(9-8-13(2)3)15(4)10-6-7-11-15/h13-14,16H,5-12H2,1-4H3. The molecule has 0 heterocycles. The smallest absolute Gasteiger partial charge is 0.0121 e. The van der Waals surface area contributed by atoms with Gasteiger partial charge in [-0.05, 0) is 50.0 Å². The van der Waals surface area contributed by atoms with Crippen LogP contribution in [0.5, 0.6) is 0 Å². The molecule has 0 aliphatic heterocycles. The zero-order valence-corrected chi connectivity index (χ0v) is 11.8. The lowest BCUT2D eigenvalue weighted by molar-refractivity contribution is 0.202. The van der Waals surface area contributed by atoms with Crippen LogP contribution in [0, 0.1) is 11.3 Å². The van der Waals surface area contributed by atoms with Gasteiger partial charge in [0.25, 0.3) is 0 Å². The molecule has 1 aliphatic carbocycles. The highest BCUT2D eigenvalue weighted by Gasteiger charge is 2.36. The zero-order valence-electron chi connectivity index (χ0n) is 11.8. The fraction of sp³-hybridized carbons (Fsp3) is 1.00. The van der Waals surface area contributed by atoms with Gasteiger partial charge in [0.15, 0.2) is 0 Å². The van der Waals surface area contributed by atoms with Crippen LogP contribution in [-0.4, -0.2) is 12.6 Å². The van der Waals surface area contributed by atoms with Crippen molar-refractivity contribution in [3.8, 4) is 0 Å². The van der Waals surface area contributed by atoms with Crippen molar-refractivity contribution in [3.05, 3.63) is 0 Å². The first-order valence-electron chi connectivity index (χ1n) is 7.32. The third-order valence-electron chi connectivity index (χ3n) is 4.26. The van der Waals surface area contributed by atoms with Crippen LogP contribution >= 0.6 is 0 Å². The summed E-state index contributed by atoms with van der Waals surface area (Å²) in [6, 6.07) is 0.761. The van der Waals surface area contributed by atoms with E-state index in [0.717, 1.165) is 12.0 Å². The van der Waals surface area contributed by atoms with E-state index in [1.165, 1.54) is 51.5 Å². The average molecular weight is 225 g/mol. The van der Waals surface area contributed by atoms with Crippen molar-refractivity contribution in [1.29, 1.82) is 0 Å². The van der Waals surface area contributed by atoms with Gasteiger partial charge in [0.1, 0.15) is 0 Å². The quantitative estimate of drug-likeness (QED) is 0.678. The molecule has 1 heteroatoms. The van der Waals surface area contributed by atoms with Crippen molar-refractivity contribution in [2.24, 2.45) is 11.3 Å². The monoisotopic (exact) mass is 225 g/mol. The highest BCUT2D eigenvalue weighted by molar-refractivity contribution is 4.91. The van der Waals surface area contributed by atoms with Crippen molar-refractivity contribution in [1.82, 2.24) is 5.32 Å². The van der Waals surface area contributed by atoms with E-state index in [-0.39, 0.29) is 0 Å². The first kappa shape index (κ1) is 14.0. The molecule has 0 aromatic carbocycles. The second-order valence-electron chi connectivity index (χ2n) is 6.34. The van der Waals surface area contributed by atoms with E-state index in [1.54, 1.807) is 0 Å². The van der Waals surface area contributed by atoms with Gasteiger partial charge in [0.05, 0.1) is 0 Å².